The molecule has 0 saturated carbocycles. The van der Waals surface area contributed by atoms with Gasteiger partial charge in [0.05, 0.1) is 0 Å². The van der Waals surface area contributed by atoms with Gasteiger partial charge in [0, 0.05) is 25.7 Å². The lowest BCUT2D eigenvalue weighted by molar-refractivity contribution is -0.156. The molecule has 11 nitrogen and oxygen atoms in total. The van der Waals surface area contributed by atoms with Crippen molar-refractivity contribution in [2.75, 3.05) is 26.2 Å². The standard InChI is InChI=1S/C12H25N3O8S2/c1-5-14(6-2)24(18,19)22-11(16)12(17)23-25(20,21)15(7-3)10(4)8-9-13/h10H,5-9,13H2,1-4H3. The summed E-state index contributed by atoms with van der Waals surface area (Å²) < 4.78 is 57.5. The summed E-state index contributed by atoms with van der Waals surface area (Å²) in [4.78, 5) is 23.2. The summed E-state index contributed by atoms with van der Waals surface area (Å²) in [7, 11) is -9.12. The number of carbonyl (C=O) groups is 2. The average molecular weight is 403 g/mol. The smallest absolute Gasteiger partial charge is 0.330 e. The lowest BCUT2D eigenvalue weighted by Crippen LogP contribution is -2.43. The van der Waals surface area contributed by atoms with Crippen molar-refractivity contribution in [1.29, 1.82) is 0 Å². The van der Waals surface area contributed by atoms with Gasteiger partial charge in [-0.25, -0.2) is 9.59 Å². The van der Waals surface area contributed by atoms with Crippen LogP contribution >= 0.6 is 0 Å². The largest absolute Gasteiger partial charge is 0.435 e. The maximum Gasteiger partial charge on any atom is 0.435 e. The van der Waals surface area contributed by atoms with Crippen LogP contribution in [0.5, 0.6) is 0 Å². The molecule has 0 spiro atoms. The molecule has 0 aromatic carbocycles. The molecule has 148 valence electrons. The molecule has 2 N–H and O–H groups in total. The van der Waals surface area contributed by atoms with Crippen molar-refractivity contribution in [2.45, 2.75) is 40.2 Å². The Labute approximate surface area is 148 Å². The molecule has 0 radical (unpaired) electrons. The van der Waals surface area contributed by atoms with Crippen LogP contribution in [0, 0.1) is 0 Å². The minimum Gasteiger partial charge on any atom is -0.330 e. The number of hydrogen-bond donors (Lipinski definition) is 1. The molecule has 0 fully saturated rings. The fourth-order valence-corrected chi connectivity index (χ4v) is 4.19. The molecule has 0 aromatic rings. The monoisotopic (exact) mass is 403 g/mol. The van der Waals surface area contributed by atoms with E-state index in [-0.39, 0.29) is 26.2 Å². The van der Waals surface area contributed by atoms with Crippen LogP contribution in [0.1, 0.15) is 34.1 Å². The van der Waals surface area contributed by atoms with E-state index in [0.29, 0.717) is 6.42 Å². The van der Waals surface area contributed by atoms with Gasteiger partial charge in [0.1, 0.15) is 0 Å². The highest BCUT2D eigenvalue weighted by molar-refractivity contribution is 7.85. The highest BCUT2D eigenvalue weighted by Gasteiger charge is 2.35. The van der Waals surface area contributed by atoms with Crippen molar-refractivity contribution in [1.82, 2.24) is 8.61 Å². The Bertz CT molecular complexity index is 658. The van der Waals surface area contributed by atoms with Crippen molar-refractivity contribution in [3.05, 3.63) is 0 Å². The van der Waals surface area contributed by atoms with Crippen LogP contribution in [0.2, 0.25) is 0 Å². The molecule has 0 aliphatic rings. The molecule has 0 saturated heterocycles. The number of hydrogen-bond acceptors (Lipinski definition) is 9. The van der Waals surface area contributed by atoms with Gasteiger partial charge in [0.25, 0.3) is 0 Å². The van der Waals surface area contributed by atoms with Gasteiger partial charge in [-0.3, -0.25) is 0 Å². The summed E-state index contributed by atoms with van der Waals surface area (Å²) >= 11 is 0. The van der Waals surface area contributed by atoms with E-state index < -0.39 is 38.6 Å². The Kier molecular flexibility index (Phi) is 9.50. The van der Waals surface area contributed by atoms with Crippen molar-refractivity contribution in [2.24, 2.45) is 5.73 Å². The van der Waals surface area contributed by atoms with Gasteiger partial charge in [-0.2, -0.15) is 25.4 Å². The zero-order valence-corrected chi connectivity index (χ0v) is 16.3. The Morgan fingerprint density at radius 2 is 1.36 bits per heavy atom. The third kappa shape index (κ3) is 6.86. The van der Waals surface area contributed by atoms with Crippen LogP contribution in [-0.2, 0) is 38.6 Å². The molecule has 1 atom stereocenters. The van der Waals surface area contributed by atoms with Crippen molar-refractivity contribution in [3.8, 4) is 0 Å². The SMILES string of the molecule is CCN(CC)S(=O)(=O)OC(=O)C(=O)OS(=O)(=O)N(CC)C(C)CCN. The van der Waals surface area contributed by atoms with E-state index in [2.05, 4.69) is 8.37 Å². The summed E-state index contributed by atoms with van der Waals surface area (Å²) in [5, 5.41) is 0. The normalized spacial score (nSPS) is 13.7. The molecule has 25 heavy (non-hydrogen) atoms. The van der Waals surface area contributed by atoms with Crippen molar-refractivity contribution in [3.63, 3.8) is 0 Å². The van der Waals surface area contributed by atoms with Gasteiger partial charge in [-0.1, -0.05) is 20.8 Å². The Hall–Kier alpha value is -1.28. The summed E-state index contributed by atoms with van der Waals surface area (Å²) in [5.74, 6) is -3.90. The maximum absolute atomic E-state index is 12.1. The minimum absolute atomic E-state index is 0.000322. The van der Waals surface area contributed by atoms with E-state index in [1.165, 1.54) is 20.8 Å². The Morgan fingerprint density at radius 3 is 1.72 bits per heavy atom. The predicted octanol–water partition coefficient (Wildman–Crippen LogP) is -1.04. The lowest BCUT2D eigenvalue weighted by Gasteiger charge is -2.25. The van der Waals surface area contributed by atoms with E-state index in [9.17, 15) is 26.4 Å². The van der Waals surface area contributed by atoms with Crippen molar-refractivity contribution < 1.29 is 34.8 Å². The van der Waals surface area contributed by atoms with E-state index in [1.54, 1.807) is 6.92 Å². The lowest BCUT2D eigenvalue weighted by atomic mass is 10.2. The van der Waals surface area contributed by atoms with Crippen LogP contribution in [0.3, 0.4) is 0 Å². The second-order valence-corrected chi connectivity index (χ2v) is 7.90. The Morgan fingerprint density at radius 1 is 0.920 bits per heavy atom. The van der Waals surface area contributed by atoms with Crippen LogP contribution in [0.15, 0.2) is 0 Å². The quantitative estimate of drug-likeness (QED) is 0.451. The van der Waals surface area contributed by atoms with Crippen LogP contribution in [-0.4, -0.2) is 69.6 Å². The third-order valence-corrected chi connectivity index (χ3v) is 6.29. The zero-order chi connectivity index (χ0) is 19.8. The molecule has 13 heteroatoms. The number of nitrogens with zero attached hydrogens (tertiary/aromatic N) is 2. The number of nitrogens with two attached hydrogens (primary N) is 1. The highest BCUT2D eigenvalue weighted by Crippen LogP contribution is 2.12. The third-order valence-electron chi connectivity index (χ3n) is 3.23. The summed E-state index contributed by atoms with van der Waals surface area (Å²) in [5.41, 5.74) is 5.36. The van der Waals surface area contributed by atoms with E-state index in [4.69, 9.17) is 5.73 Å². The van der Waals surface area contributed by atoms with Gasteiger partial charge in [0.15, 0.2) is 0 Å². The minimum atomic E-state index is -4.61. The van der Waals surface area contributed by atoms with Crippen LogP contribution in [0.25, 0.3) is 0 Å². The molecule has 0 aliphatic heterocycles. The van der Waals surface area contributed by atoms with Gasteiger partial charge in [0.2, 0.25) is 0 Å². The fourth-order valence-electron chi connectivity index (χ4n) is 1.98. The molecule has 0 rings (SSSR count). The second kappa shape index (κ2) is 10.0. The van der Waals surface area contributed by atoms with Crippen LogP contribution < -0.4 is 5.73 Å². The molecular formula is C12H25N3O8S2. The first-order chi connectivity index (χ1) is 11.5. The molecule has 0 bridgehead atoms. The maximum atomic E-state index is 12.1. The molecule has 0 heterocycles. The van der Waals surface area contributed by atoms with Gasteiger partial charge in [-0.05, 0) is 19.9 Å². The zero-order valence-electron chi connectivity index (χ0n) is 14.7. The molecular weight excluding hydrogens is 378 g/mol. The first kappa shape index (κ1) is 23.7. The second-order valence-electron chi connectivity index (χ2n) is 4.87. The molecule has 0 aromatic heterocycles. The van der Waals surface area contributed by atoms with Gasteiger partial charge in [-0.15, -0.1) is 0 Å². The van der Waals surface area contributed by atoms with E-state index >= 15 is 0 Å². The van der Waals surface area contributed by atoms with Crippen molar-refractivity contribution >= 4 is 32.5 Å². The first-order valence-electron chi connectivity index (χ1n) is 7.65. The average Bonchev–Trinajstić information content (AvgIpc) is 2.47. The molecule has 0 amide bonds. The number of rotatable bonds is 10. The number of carbonyl (C=O) groups excluding carboxylic acids is 2. The van der Waals surface area contributed by atoms with E-state index in [0.717, 1.165) is 8.61 Å². The topological polar surface area (TPSA) is 153 Å². The highest BCUT2D eigenvalue weighted by atomic mass is 32.2. The van der Waals surface area contributed by atoms with E-state index in [1.807, 2.05) is 0 Å². The summed E-state index contributed by atoms with van der Waals surface area (Å²) in [6.45, 7) is 6.20. The summed E-state index contributed by atoms with van der Waals surface area (Å²) in [6, 6.07) is -0.580. The fraction of sp³-hybridized carbons (Fsp3) is 0.833. The Balaban J connectivity index is 5.16. The first-order valence-corrected chi connectivity index (χ1v) is 10.4. The molecule has 1 unspecified atom stereocenters. The molecule has 0 aliphatic carbocycles. The summed E-state index contributed by atoms with van der Waals surface area (Å²) in [6.07, 6.45) is 0.297. The van der Waals surface area contributed by atoms with Gasteiger partial charge < -0.3 is 14.1 Å². The predicted molar refractivity (Wildman–Crippen MR) is 88.5 cm³/mol. The van der Waals surface area contributed by atoms with Crippen LogP contribution in [0.4, 0.5) is 0 Å². The van der Waals surface area contributed by atoms with Gasteiger partial charge >= 0.3 is 32.5 Å².